The molecule has 1 heterocycles. The summed E-state index contributed by atoms with van der Waals surface area (Å²) in [6, 6.07) is 11.5. The van der Waals surface area contributed by atoms with E-state index in [4.69, 9.17) is 27.9 Å². The van der Waals surface area contributed by atoms with Gasteiger partial charge in [0.1, 0.15) is 11.6 Å². The first-order valence-corrected chi connectivity index (χ1v) is 7.91. The molecule has 0 bridgehead atoms. The van der Waals surface area contributed by atoms with E-state index in [1.807, 2.05) is 34.9 Å². The van der Waals surface area contributed by atoms with E-state index in [1.165, 1.54) is 0 Å². The molecule has 21 heavy (non-hydrogen) atoms. The van der Waals surface area contributed by atoms with Crippen LogP contribution in [0.25, 0.3) is 16.7 Å². The summed E-state index contributed by atoms with van der Waals surface area (Å²) in [6.07, 6.45) is 0. The smallest absolute Gasteiger partial charge is 0.139 e. The summed E-state index contributed by atoms with van der Waals surface area (Å²) in [6.45, 7) is 0. The number of nitrogens with zero attached hydrogens (tertiary/aromatic N) is 2. The molecule has 3 nitrogen and oxygen atoms in total. The molecule has 0 saturated carbocycles. The molecule has 0 unspecified atom stereocenters. The van der Waals surface area contributed by atoms with Crippen LogP contribution in [0.1, 0.15) is 5.82 Å². The van der Waals surface area contributed by atoms with E-state index in [0.29, 0.717) is 16.7 Å². The molecular formula is C15H11BrCl2N2O. The Kier molecular flexibility index (Phi) is 4.11. The Morgan fingerprint density at radius 3 is 2.76 bits per heavy atom. The largest absolute Gasteiger partial charge is 0.495 e. The van der Waals surface area contributed by atoms with E-state index in [0.717, 1.165) is 27.0 Å². The predicted molar refractivity (Wildman–Crippen MR) is 89.9 cm³/mol. The fourth-order valence-corrected chi connectivity index (χ4v) is 2.99. The van der Waals surface area contributed by atoms with Gasteiger partial charge in [0, 0.05) is 10.5 Å². The van der Waals surface area contributed by atoms with E-state index in [-0.39, 0.29) is 0 Å². The highest BCUT2D eigenvalue weighted by molar-refractivity contribution is 9.10. The highest BCUT2D eigenvalue weighted by Crippen LogP contribution is 2.30. The number of benzene rings is 2. The van der Waals surface area contributed by atoms with Crippen molar-refractivity contribution in [2.75, 3.05) is 7.11 Å². The monoisotopic (exact) mass is 384 g/mol. The van der Waals surface area contributed by atoms with Crippen molar-refractivity contribution in [3.63, 3.8) is 0 Å². The van der Waals surface area contributed by atoms with E-state index < -0.39 is 0 Å². The third-order valence-electron chi connectivity index (χ3n) is 3.20. The van der Waals surface area contributed by atoms with Gasteiger partial charge < -0.3 is 4.74 Å². The van der Waals surface area contributed by atoms with Crippen LogP contribution in [0, 0.1) is 0 Å². The number of halogens is 3. The topological polar surface area (TPSA) is 27.1 Å². The van der Waals surface area contributed by atoms with Gasteiger partial charge in [0.2, 0.25) is 0 Å². The second-order valence-electron chi connectivity index (χ2n) is 4.45. The second kappa shape index (κ2) is 5.87. The zero-order valence-electron chi connectivity index (χ0n) is 11.1. The Hall–Kier alpha value is -1.23. The number of aromatic nitrogens is 2. The van der Waals surface area contributed by atoms with Gasteiger partial charge in [-0.05, 0) is 30.3 Å². The minimum absolute atomic E-state index is 0.317. The van der Waals surface area contributed by atoms with Gasteiger partial charge in [0.15, 0.2) is 0 Å². The van der Waals surface area contributed by atoms with Crippen LogP contribution in [0.2, 0.25) is 5.02 Å². The van der Waals surface area contributed by atoms with Crippen LogP contribution in [0.15, 0.2) is 40.9 Å². The van der Waals surface area contributed by atoms with Crippen molar-refractivity contribution in [3.8, 4) is 11.4 Å². The lowest BCUT2D eigenvalue weighted by molar-refractivity contribution is 0.415. The SMILES string of the molecule is COc1cc(-n2c(CCl)nc3ccc(Br)cc32)ccc1Cl. The number of methoxy groups -OCH3 is 1. The van der Waals surface area contributed by atoms with E-state index in [1.54, 1.807) is 13.2 Å². The summed E-state index contributed by atoms with van der Waals surface area (Å²) in [5.74, 6) is 1.71. The first kappa shape index (κ1) is 14.7. The molecule has 6 heteroatoms. The molecule has 3 rings (SSSR count). The number of alkyl halides is 1. The number of hydrogen-bond acceptors (Lipinski definition) is 2. The van der Waals surface area contributed by atoms with E-state index in [9.17, 15) is 0 Å². The number of ether oxygens (including phenoxy) is 1. The Labute approximate surface area is 140 Å². The van der Waals surface area contributed by atoms with Crippen LogP contribution in [0.3, 0.4) is 0 Å². The highest BCUT2D eigenvalue weighted by atomic mass is 79.9. The molecule has 0 amide bonds. The van der Waals surface area contributed by atoms with Crippen LogP contribution in [-0.2, 0) is 5.88 Å². The van der Waals surface area contributed by atoms with Gasteiger partial charge in [-0.1, -0.05) is 27.5 Å². The Balaban J connectivity index is 2.30. The first-order valence-electron chi connectivity index (χ1n) is 6.21. The molecule has 1 aromatic heterocycles. The summed E-state index contributed by atoms with van der Waals surface area (Å²) in [7, 11) is 1.59. The van der Waals surface area contributed by atoms with E-state index in [2.05, 4.69) is 20.9 Å². The van der Waals surface area contributed by atoms with Gasteiger partial charge in [-0.25, -0.2) is 4.98 Å². The fraction of sp³-hybridized carbons (Fsp3) is 0.133. The minimum Gasteiger partial charge on any atom is -0.495 e. The number of imidazole rings is 1. The van der Waals surface area contributed by atoms with Gasteiger partial charge in [-0.3, -0.25) is 4.57 Å². The van der Waals surface area contributed by atoms with Crippen molar-refractivity contribution in [1.29, 1.82) is 0 Å². The van der Waals surface area contributed by atoms with Gasteiger partial charge in [-0.2, -0.15) is 0 Å². The molecule has 0 aliphatic carbocycles. The Bertz CT molecular complexity index is 817. The third kappa shape index (κ3) is 2.63. The van der Waals surface area contributed by atoms with Gasteiger partial charge in [-0.15, -0.1) is 11.6 Å². The average molecular weight is 386 g/mol. The molecule has 0 saturated heterocycles. The molecule has 0 spiro atoms. The molecule has 3 aromatic rings. The van der Waals surface area contributed by atoms with Crippen LogP contribution in [0.5, 0.6) is 5.75 Å². The quantitative estimate of drug-likeness (QED) is 0.580. The molecule has 0 N–H and O–H groups in total. The van der Waals surface area contributed by atoms with Crippen molar-refractivity contribution in [1.82, 2.24) is 9.55 Å². The lowest BCUT2D eigenvalue weighted by Gasteiger charge is -2.10. The van der Waals surface area contributed by atoms with Crippen LogP contribution in [0.4, 0.5) is 0 Å². The number of rotatable bonds is 3. The zero-order valence-corrected chi connectivity index (χ0v) is 14.2. The molecule has 0 fully saturated rings. The molecule has 108 valence electrons. The maximum atomic E-state index is 6.09. The Morgan fingerprint density at radius 1 is 1.24 bits per heavy atom. The average Bonchev–Trinajstić information content (AvgIpc) is 2.85. The predicted octanol–water partition coefficient (Wildman–Crippen LogP) is 5.19. The lowest BCUT2D eigenvalue weighted by Crippen LogP contribution is -2.00. The van der Waals surface area contributed by atoms with E-state index >= 15 is 0 Å². The maximum Gasteiger partial charge on any atom is 0.139 e. The molecule has 2 aromatic carbocycles. The molecule has 0 radical (unpaired) electrons. The normalized spacial score (nSPS) is 11.0. The highest BCUT2D eigenvalue weighted by Gasteiger charge is 2.13. The summed E-state index contributed by atoms with van der Waals surface area (Å²) < 4.78 is 8.28. The summed E-state index contributed by atoms with van der Waals surface area (Å²) in [5.41, 5.74) is 2.78. The molecule has 0 atom stereocenters. The molecular weight excluding hydrogens is 375 g/mol. The van der Waals surface area contributed by atoms with Crippen molar-refractivity contribution in [2.45, 2.75) is 5.88 Å². The number of hydrogen-bond donors (Lipinski definition) is 0. The zero-order chi connectivity index (χ0) is 15.0. The van der Waals surface area contributed by atoms with Crippen molar-refractivity contribution >= 4 is 50.2 Å². The van der Waals surface area contributed by atoms with Gasteiger partial charge in [0.25, 0.3) is 0 Å². The molecule has 0 aliphatic rings. The minimum atomic E-state index is 0.317. The van der Waals surface area contributed by atoms with Gasteiger partial charge >= 0.3 is 0 Å². The first-order chi connectivity index (χ1) is 10.1. The molecule has 0 aliphatic heterocycles. The summed E-state index contributed by atoms with van der Waals surface area (Å²) in [4.78, 5) is 4.56. The summed E-state index contributed by atoms with van der Waals surface area (Å²) >= 11 is 15.6. The number of fused-ring (bicyclic) bond motifs is 1. The van der Waals surface area contributed by atoms with Gasteiger partial charge in [0.05, 0.1) is 34.7 Å². The summed E-state index contributed by atoms with van der Waals surface area (Å²) in [5, 5.41) is 0.569. The van der Waals surface area contributed by atoms with Crippen LogP contribution in [-0.4, -0.2) is 16.7 Å². The standard InChI is InChI=1S/C15H11BrCl2N2O/c1-21-14-7-10(3-4-11(14)18)20-13-6-9(16)2-5-12(13)19-15(20)8-17/h2-7H,8H2,1H3. The second-order valence-corrected chi connectivity index (χ2v) is 6.04. The van der Waals surface area contributed by atoms with Crippen LogP contribution >= 0.6 is 39.1 Å². The van der Waals surface area contributed by atoms with Crippen molar-refractivity contribution in [2.24, 2.45) is 0 Å². The van der Waals surface area contributed by atoms with Crippen molar-refractivity contribution in [3.05, 3.63) is 51.7 Å². The Morgan fingerprint density at radius 2 is 2.05 bits per heavy atom. The van der Waals surface area contributed by atoms with Crippen molar-refractivity contribution < 1.29 is 4.74 Å². The fourth-order valence-electron chi connectivity index (χ4n) is 2.26. The third-order valence-corrected chi connectivity index (χ3v) is 4.24. The maximum absolute atomic E-state index is 6.09. The van der Waals surface area contributed by atoms with Crippen LogP contribution < -0.4 is 4.74 Å². The lowest BCUT2D eigenvalue weighted by atomic mass is 10.2.